The molecule has 1 amide bonds. The Bertz CT molecular complexity index is 843. The maximum Gasteiger partial charge on any atom is 0.311 e. The quantitative estimate of drug-likeness (QED) is 0.808. The van der Waals surface area contributed by atoms with Gasteiger partial charge in [0.05, 0.1) is 12.5 Å². The topological polar surface area (TPSA) is 95.0 Å². The lowest BCUT2D eigenvalue weighted by molar-refractivity contribution is -0.154. The summed E-state index contributed by atoms with van der Waals surface area (Å²) in [5.41, 5.74) is 0.959. The van der Waals surface area contributed by atoms with Crippen LogP contribution in [0.5, 0.6) is 0 Å². The molecule has 1 atom stereocenters. The highest BCUT2D eigenvalue weighted by Crippen LogP contribution is 2.27. The molecule has 1 aromatic carbocycles. The third-order valence-corrected chi connectivity index (χ3v) is 4.97. The van der Waals surface area contributed by atoms with Gasteiger partial charge in [-0.25, -0.2) is 0 Å². The van der Waals surface area contributed by atoms with Gasteiger partial charge >= 0.3 is 5.97 Å². The molecule has 136 valence electrons. The molecule has 0 spiro atoms. The van der Waals surface area contributed by atoms with Gasteiger partial charge < -0.3 is 15.0 Å². The standard InChI is InChI=1S/C20H23N3O3/c1-14(19(25)23-20(13-21)9-5-2-6-10-20)26-18(24)11-15-12-22-17-8-4-3-7-16(15)17/h3-4,7-8,12,14,22H,2,5-6,9-11H2,1H3,(H,23,25)/t14-/m1/s1. The molecule has 3 rings (SSSR count). The fraction of sp³-hybridized carbons (Fsp3) is 0.450. The summed E-state index contributed by atoms with van der Waals surface area (Å²) in [6.07, 6.45) is 5.14. The second-order valence-corrected chi connectivity index (χ2v) is 6.91. The number of nitrogens with one attached hydrogen (secondary N) is 2. The van der Waals surface area contributed by atoms with E-state index in [1.165, 1.54) is 6.92 Å². The van der Waals surface area contributed by atoms with Gasteiger partial charge in [-0.3, -0.25) is 9.59 Å². The van der Waals surface area contributed by atoms with Gasteiger partial charge in [-0.2, -0.15) is 5.26 Å². The molecule has 1 aliphatic rings. The number of fused-ring (bicyclic) bond motifs is 1. The number of hydrogen-bond donors (Lipinski definition) is 2. The minimum atomic E-state index is -0.931. The number of rotatable bonds is 5. The fourth-order valence-corrected chi connectivity index (χ4v) is 3.48. The monoisotopic (exact) mass is 353 g/mol. The number of para-hydroxylation sites is 1. The van der Waals surface area contributed by atoms with Crippen LogP contribution >= 0.6 is 0 Å². The molecule has 0 radical (unpaired) electrons. The van der Waals surface area contributed by atoms with Gasteiger partial charge in [0.2, 0.25) is 0 Å². The predicted octanol–water partition coefficient (Wildman–Crippen LogP) is 2.98. The van der Waals surface area contributed by atoms with Crippen molar-refractivity contribution in [3.8, 4) is 6.07 Å². The summed E-state index contributed by atoms with van der Waals surface area (Å²) in [5.74, 6) is -0.882. The van der Waals surface area contributed by atoms with Crippen LogP contribution in [0.3, 0.4) is 0 Å². The number of esters is 1. The van der Waals surface area contributed by atoms with E-state index in [-0.39, 0.29) is 6.42 Å². The number of hydrogen-bond acceptors (Lipinski definition) is 4. The molecule has 0 bridgehead atoms. The first-order chi connectivity index (χ1) is 12.5. The minimum absolute atomic E-state index is 0.0883. The summed E-state index contributed by atoms with van der Waals surface area (Å²) in [4.78, 5) is 27.7. The normalized spacial score (nSPS) is 17.2. The SMILES string of the molecule is C[C@@H](OC(=O)Cc1c[nH]c2ccccc12)C(=O)NC1(C#N)CCCCC1. The van der Waals surface area contributed by atoms with Gasteiger partial charge in [0, 0.05) is 17.1 Å². The van der Waals surface area contributed by atoms with Crippen molar-refractivity contribution in [1.82, 2.24) is 10.3 Å². The maximum absolute atomic E-state index is 12.4. The van der Waals surface area contributed by atoms with E-state index in [9.17, 15) is 14.9 Å². The van der Waals surface area contributed by atoms with Crippen LogP contribution in [0.1, 0.15) is 44.6 Å². The van der Waals surface area contributed by atoms with Crippen molar-refractivity contribution in [3.05, 3.63) is 36.0 Å². The van der Waals surface area contributed by atoms with E-state index in [1.807, 2.05) is 24.3 Å². The zero-order chi connectivity index (χ0) is 18.6. The van der Waals surface area contributed by atoms with Crippen LogP contribution in [-0.4, -0.2) is 28.5 Å². The molecule has 0 saturated heterocycles. The molecule has 6 nitrogen and oxygen atoms in total. The molecule has 1 aromatic heterocycles. The Hall–Kier alpha value is -2.81. The van der Waals surface area contributed by atoms with E-state index < -0.39 is 23.5 Å². The first kappa shape index (κ1) is 18.0. The van der Waals surface area contributed by atoms with Gasteiger partial charge in [0.15, 0.2) is 6.10 Å². The van der Waals surface area contributed by atoms with Crippen LogP contribution in [-0.2, 0) is 20.7 Å². The van der Waals surface area contributed by atoms with E-state index in [1.54, 1.807) is 6.20 Å². The van der Waals surface area contributed by atoms with Crippen molar-refractivity contribution in [2.24, 2.45) is 0 Å². The predicted molar refractivity (Wildman–Crippen MR) is 97.1 cm³/mol. The first-order valence-electron chi connectivity index (χ1n) is 9.01. The lowest BCUT2D eigenvalue weighted by Crippen LogP contribution is -2.52. The summed E-state index contributed by atoms with van der Waals surface area (Å²) in [5, 5.41) is 13.2. The molecule has 0 unspecified atom stereocenters. The van der Waals surface area contributed by atoms with E-state index in [0.29, 0.717) is 12.8 Å². The Morgan fingerprint density at radius 1 is 1.31 bits per heavy atom. The number of benzene rings is 1. The van der Waals surface area contributed by atoms with Crippen LogP contribution in [0.2, 0.25) is 0 Å². The van der Waals surface area contributed by atoms with Crippen molar-refractivity contribution >= 4 is 22.8 Å². The molecule has 1 heterocycles. The van der Waals surface area contributed by atoms with Crippen LogP contribution in [0, 0.1) is 11.3 Å². The molecular formula is C20H23N3O3. The molecule has 26 heavy (non-hydrogen) atoms. The highest BCUT2D eigenvalue weighted by molar-refractivity contribution is 5.89. The second kappa shape index (κ2) is 7.61. The van der Waals surface area contributed by atoms with Crippen LogP contribution in [0.25, 0.3) is 10.9 Å². The summed E-state index contributed by atoms with van der Waals surface area (Å²) < 4.78 is 5.29. The molecule has 0 aliphatic heterocycles. The van der Waals surface area contributed by atoms with Crippen molar-refractivity contribution in [2.45, 2.75) is 57.1 Å². The van der Waals surface area contributed by atoms with Gasteiger partial charge in [0.25, 0.3) is 5.91 Å². The number of aromatic nitrogens is 1. The molecule has 2 aromatic rings. The van der Waals surface area contributed by atoms with Gasteiger partial charge in [-0.05, 0) is 31.4 Å². The molecular weight excluding hydrogens is 330 g/mol. The summed E-state index contributed by atoms with van der Waals surface area (Å²) in [6.45, 7) is 1.54. The highest BCUT2D eigenvalue weighted by Gasteiger charge is 2.35. The number of H-pyrrole nitrogens is 1. The Kier molecular flexibility index (Phi) is 5.27. The number of ether oxygens (including phenoxy) is 1. The molecule has 1 aliphatic carbocycles. The number of carbonyl (C=O) groups is 2. The third-order valence-electron chi connectivity index (χ3n) is 4.97. The first-order valence-corrected chi connectivity index (χ1v) is 9.01. The number of carbonyl (C=O) groups excluding carboxylic acids is 2. The van der Waals surface area contributed by atoms with E-state index in [4.69, 9.17) is 4.74 Å². The summed E-state index contributed by atoms with van der Waals surface area (Å²) >= 11 is 0. The number of nitriles is 1. The largest absolute Gasteiger partial charge is 0.452 e. The zero-order valence-electron chi connectivity index (χ0n) is 14.9. The molecule has 2 N–H and O–H groups in total. The molecule has 1 saturated carbocycles. The second-order valence-electron chi connectivity index (χ2n) is 6.91. The van der Waals surface area contributed by atoms with Gasteiger partial charge in [-0.15, -0.1) is 0 Å². The van der Waals surface area contributed by atoms with Gasteiger partial charge in [-0.1, -0.05) is 37.5 Å². The zero-order valence-corrected chi connectivity index (χ0v) is 14.9. The smallest absolute Gasteiger partial charge is 0.311 e. The van der Waals surface area contributed by atoms with Crippen molar-refractivity contribution in [1.29, 1.82) is 5.26 Å². The van der Waals surface area contributed by atoms with E-state index in [2.05, 4.69) is 16.4 Å². The number of aromatic amines is 1. The Balaban J connectivity index is 1.58. The Morgan fingerprint density at radius 2 is 2.04 bits per heavy atom. The van der Waals surface area contributed by atoms with Crippen LogP contribution in [0.4, 0.5) is 0 Å². The summed E-state index contributed by atoms with van der Waals surface area (Å²) in [7, 11) is 0. The van der Waals surface area contributed by atoms with E-state index in [0.717, 1.165) is 35.7 Å². The average Bonchev–Trinajstić information content (AvgIpc) is 3.05. The number of amides is 1. The Morgan fingerprint density at radius 3 is 2.77 bits per heavy atom. The average molecular weight is 353 g/mol. The van der Waals surface area contributed by atoms with E-state index >= 15 is 0 Å². The van der Waals surface area contributed by atoms with Gasteiger partial charge in [0.1, 0.15) is 5.54 Å². The highest BCUT2D eigenvalue weighted by atomic mass is 16.5. The minimum Gasteiger partial charge on any atom is -0.452 e. The Labute approximate surface area is 152 Å². The lowest BCUT2D eigenvalue weighted by Gasteiger charge is -2.32. The molecule has 6 heteroatoms. The van der Waals surface area contributed by atoms with Crippen molar-refractivity contribution in [3.63, 3.8) is 0 Å². The van der Waals surface area contributed by atoms with Crippen LogP contribution < -0.4 is 5.32 Å². The third kappa shape index (κ3) is 3.88. The fourth-order valence-electron chi connectivity index (χ4n) is 3.48. The number of nitrogens with zero attached hydrogens (tertiary/aromatic N) is 1. The van der Waals surface area contributed by atoms with Crippen molar-refractivity contribution in [2.75, 3.05) is 0 Å². The molecule has 1 fully saturated rings. The lowest BCUT2D eigenvalue weighted by atomic mass is 9.83. The van der Waals surface area contributed by atoms with Crippen molar-refractivity contribution < 1.29 is 14.3 Å². The summed E-state index contributed by atoms with van der Waals surface area (Å²) in [6, 6.07) is 9.94. The van der Waals surface area contributed by atoms with Crippen LogP contribution in [0.15, 0.2) is 30.5 Å². The maximum atomic E-state index is 12.4.